The zero-order chi connectivity index (χ0) is 15.1. The fraction of sp³-hybridized carbons (Fsp3) is 0.529. The molecule has 1 aromatic carbocycles. The van der Waals surface area contributed by atoms with Crippen LogP contribution in [0.4, 0.5) is 4.39 Å². The average Bonchev–Trinajstić information content (AvgIpc) is 2.52. The number of halogens is 1. The van der Waals surface area contributed by atoms with E-state index in [1.807, 2.05) is 0 Å². The second-order valence-corrected chi connectivity index (χ2v) is 5.60. The molecule has 1 aliphatic rings. The van der Waals surface area contributed by atoms with E-state index in [0.29, 0.717) is 12.0 Å². The summed E-state index contributed by atoms with van der Waals surface area (Å²) < 4.78 is 13.6. The summed E-state index contributed by atoms with van der Waals surface area (Å²) in [5.74, 6) is -0.317. The molecular formula is C17H22FNO2. The molecule has 2 rings (SSSR count). The smallest absolute Gasteiger partial charge is 0.223 e. The maximum Gasteiger partial charge on any atom is 0.223 e. The van der Waals surface area contributed by atoms with Gasteiger partial charge in [-0.2, -0.15) is 0 Å². The van der Waals surface area contributed by atoms with Gasteiger partial charge in [0.05, 0.1) is 6.54 Å². The van der Waals surface area contributed by atoms with Crippen LogP contribution in [0.5, 0.6) is 0 Å². The van der Waals surface area contributed by atoms with Gasteiger partial charge < -0.3 is 9.69 Å². The molecule has 0 aromatic heterocycles. The molecular weight excluding hydrogens is 269 g/mol. The van der Waals surface area contributed by atoms with E-state index in [0.717, 1.165) is 32.0 Å². The molecule has 0 aliphatic heterocycles. The second kappa shape index (κ2) is 7.91. The summed E-state index contributed by atoms with van der Waals surface area (Å²) in [7, 11) is 0. The van der Waals surface area contributed by atoms with Crippen LogP contribution >= 0.6 is 0 Å². The number of hydrogen-bond donors (Lipinski definition) is 0. The lowest BCUT2D eigenvalue weighted by Gasteiger charge is -2.33. The monoisotopic (exact) mass is 291 g/mol. The van der Waals surface area contributed by atoms with E-state index < -0.39 is 0 Å². The zero-order valence-electron chi connectivity index (χ0n) is 12.3. The van der Waals surface area contributed by atoms with Crippen molar-refractivity contribution < 1.29 is 14.0 Å². The minimum Gasteiger partial charge on any atom is -0.333 e. The summed E-state index contributed by atoms with van der Waals surface area (Å²) in [6, 6.07) is 6.70. The summed E-state index contributed by atoms with van der Waals surface area (Å²) in [5, 5.41) is 0. The first-order valence-electron chi connectivity index (χ1n) is 7.69. The number of carbonyl (C=O) groups is 2. The SMILES string of the molecule is O=CCN(C(=O)CCc1ccccc1F)C1CCCCC1. The highest BCUT2D eigenvalue weighted by Gasteiger charge is 2.24. The molecule has 0 unspecified atom stereocenters. The highest BCUT2D eigenvalue weighted by molar-refractivity contribution is 5.79. The fourth-order valence-electron chi connectivity index (χ4n) is 3.01. The molecule has 4 heteroatoms. The van der Waals surface area contributed by atoms with Crippen molar-refractivity contribution in [3.05, 3.63) is 35.6 Å². The minimum atomic E-state index is -0.273. The van der Waals surface area contributed by atoms with Crippen LogP contribution in [0.1, 0.15) is 44.1 Å². The summed E-state index contributed by atoms with van der Waals surface area (Å²) in [6.45, 7) is 0.154. The lowest BCUT2D eigenvalue weighted by atomic mass is 9.93. The lowest BCUT2D eigenvalue weighted by Crippen LogP contribution is -2.42. The maximum atomic E-state index is 13.6. The molecule has 0 heterocycles. The topological polar surface area (TPSA) is 37.4 Å². The fourth-order valence-corrected chi connectivity index (χ4v) is 3.01. The molecule has 3 nitrogen and oxygen atoms in total. The third-order valence-electron chi connectivity index (χ3n) is 4.17. The number of amides is 1. The van der Waals surface area contributed by atoms with Crippen LogP contribution in [0, 0.1) is 5.82 Å². The van der Waals surface area contributed by atoms with Gasteiger partial charge in [-0.05, 0) is 30.9 Å². The van der Waals surface area contributed by atoms with Gasteiger partial charge in [0.15, 0.2) is 0 Å². The van der Waals surface area contributed by atoms with Crippen LogP contribution in [-0.2, 0) is 16.0 Å². The van der Waals surface area contributed by atoms with Crippen molar-refractivity contribution in [1.29, 1.82) is 0 Å². The minimum absolute atomic E-state index is 0.0442. The van der Waals surface area contributed by atoms with E-state index in [4.69, 9.17) is 0 Å². The van der Waals surface area contributed by atoms with Crippen molar-refractivity contribution in [2.45, 2.75) is 51.0 Å². The summed E-state index contributed by atoms with van der Waals surface area (Å²) in [4.78, 5) is 24.9. The molecule has 0 saturated heterocycles. The standard InChI is InChI=1S/C17H22FNO2/c18-16-9-5-4-6-14(16)10-11-17(21)19(12-13-20)15-7-2-1-3-8-15/h4-6,9,13,15H,1-3,7-8,10-12H2. The van der Waals surface area contributed by atoms with Crippen molar-refractivity contribution in [2.24, 2.45) is 0 Å². The van der Waals surface area contributed by atoms with E-state index >= 15 is 0 Å². The maximum absolute atomic E-state index is 13.6. The molecule has 1 saturated carbocycles. The van der Waals surface area contributed by atoms with Gasteiger partial charge in [0.1, 0.15) is 12.1 Å². The molecule has 1 fully saturated rings. The molecule has 21 heavy (non-hydrogen) atoms. The van der Waals surface area contributed by atoms with Gasteiger partial charge in [-0.3, -0.25) is 4.79 Å². The normalized spacial score (nSPS) is 15.7. The number of hydrogen-bond acceptors (Lipinski definition) is 2. The molecule has 0 radical (unpaired) electrons. The first-order valence-corrected chi connectivity index (χ1v) is 7.69. The van der Waals surface area contributed by atoms with Gasteiger partial charge in [-0.15, -0.1) is 0 Å². The molecule has 0 N–H and O–H groups in total. The van der Waals surface area contributed by atoms with Crippen molar-refractivity contribution in [3.63, 3.8) is 0 Å². The number of rotatable bonds is 6. The van der Waals surface area contributed by atoms with Crippen LogP contribution in [0.2, 0.25) is 0 Å². The Labute approximate surface area is 125 Å². The molecule has 0 spiro atoms. The molecule has 0 bridgehead atoms. The third-order valence-corrected chi connectivity index (χ3v) is 4.17. The second-order valence-electron chi connectivity index (χ2n) is 5.60. The third kappa shape index (κ3) is 4.38. The molecule has 114 valence electrons. The van der Waals surface area contributed by atoms with Crippen molar-refractivity contribution in [3.8, 4) is 0 Å². The molecule has 1 amide bonds. The van der Waals surface area contributed by atoms with E-state index in [2.05, 4.69) is 0 Å². The Hall–Kier alpha value is -1.71. The summed E-state index contributed by atoms with van der Waals surface area (Å²) in [5.41, 5.74) is 0.556. The Morgan fingerprint density at radius 2 is 1.95 bits per heavy atom. The van der Waals surface area contributed by atoms with Crippen LogP contribution in [-0.4, -0.2) is 29.7 Å². The number of carbonyl (C=O) groups excluding carboxylic acids is 2. The van der Waals surface area contributed by atoms with Crippen LogP contribution in [0.15, 0.2) is 24.3 Å². The largest absolute Gasteiger partial charge is 0.333 e. The van der Waals surface area contributed by atoms with Gasteiger partial charge in [0.25, 0.3) is 0 Å². The van der Waals surface area contributed by atoms with Gasteiger partial charge in [-0.1, -0.05) is 37.5 Å². The number of nitrogens with zero attached hydrogens (tertiary/aromatic N) is 1. The van der Waals surface area contributed by atoms with Gasteiger partial charge in [-0.25, -0.2) is 4.39 Å². The number of aryl methyl sites for hydroxylation is 1. The van der Waals surface area contributed by atoms with Crippen LogP contribution in [0.3, 0.4) is 0 Å². The van der Waals surface area contributed by atoms with Crippen molar-refractivity contribution >= 4 is 12.2 Å². The quantitative estimate of drug-likeness (QED) is 0.755. The predicted molar refractivity (Wildman–Crippen MR) is 79.4 cm³/mol. The van der Waals surface area contributed by atoms with Crippen LogP contribution < -0.4 is 0 Å². The summed E-state index contributed by atoms with van der Waals surface area (Å²) in [6.07, 6.45) is 6.79. The molecule has 0 atom stereocenters. The number of benzene rings is 1. The summed E-state index contributed by atoms with van der Waals surface area (Å²) >= 11 is 0. The first-order chi connectivity index (χ1) is 10.2. The van der Waals surface area contributed by atoms with Gasteiger partial charge in [0, 0.05) is 12.5 Å². The van der Waals surface area contributed by atoms with E-state index in [9.17, 15) is 14.0 Å². The van der Waals surface area contributed by atoms with E-state index in [-0.39, 0.29) is 30.7 Å². The van der Waals surface area contributed by atoms with E-state index in [1.54, 1.807) is 23.1 Å². The van der Waals surface area contributed by atoms with Crippen molar-refractivity contribution in [1.82, 2.24) is 4.90 Å². The van der Waals surface area contributed by atoms with E-state index in [1.165, 1.54) is 12.5 Å². The first kappa shape index (κ1) is 15.7. The Morgan fingerprint density at radius 1 is 1.24 bits per heavy atom. The molecule has 1 aromatic rings. The zero-order valence-corrected chi connectivity index (χ0v) is 12.3. The van der Waals surface area contributed by atoms with Gasteiger partial charge >= 0.3 is 0 Å². The number of aldehydes is 1. The Balaban J connectivity index is 1.95. The Bertz CT molecular complexity index is 483. The van der Waals surface area contributed by atoms with Crippen LogP contribution in [0.25, 0.3) is 0 Å². The Morgan fingerprint density at radius 3 is 2.62 bits per heavy atom. The Kier molecular flexibility index (Phi) is 5.90. The van der Waals surface area contributed by atoms with Crippen molar-refractivity contribution in [2.75, 3.05) is 6.54 Å². The highest BCUT2D eigenvalue weighted by atomic mass is 19.1. The lowest BCUT2D eigenvalue weighted by molar-refractivity contribution is -0.136. The predicted octanol–water partition coefficient (Wildman–Crippen LogP) is 3.12. The average molecular weight is 291 g/mol. The van der Waals surface area contributed by atoms with Gasteiger partial charge in [0.2, 0.25) is 5.91 Å². The molecule has 1 aliphatic carbocycles. The highest BCUT2D eigenvalue weighted by Crippen LogP contribution is 2.23.